The van der Waals surface area contributed by atoms with E-state index in [0.29, 0.717) is 23.6 Å². The van der Waals surface area contributed by atoms with Crippen molar-refractivity contribution in [2.24, 2.45) is 0 Å². The fraction of sp³-hybridized carbons (Fsp3) is 0.333. The van der Waals surface area contributed by atoms with Gasteiger partial charge in [0.2, 0.25) is 11.7 Å². The summed E-state index contributed by atoms with van der Waals surface area (Å²) in [6, 6.07) is 16.9. The number of nitrogens with zero attached hydrogens (tertiary/aromatic N) is 2. The fourth-order valence-corrected chi connectivity index (χ4v) is 4.61. The Kier molecular flexibility index (Phi) is 9.44. The molecule has 0 spiro atoms. The van der Waals surface area contributed by atoms with Crippen molar-refractivity contribution >= 4 is 11.8 Å². The van der Waals surface area contributed by atoms with E-state index in [1.165, 1.54) is 32.3 Å². The van der Waals surface area contributed by atoms with Gasteiger partial charge in [0, 0.05) is 25.2 Å². The summed E-state index contributed by atoms with van der Waals surface area (Å²) in [5.41, 5.74) is 1.49. The molecule has 9 nitrogen and oxygen atoms in total. The maximum Gasteiger partial charge on any atom is 0.258 e. The molecule has 1 fully saturated rings. The lowest BCUT2D eigenvalue weighted by Gasteiger charge is -2.25. The fourth-order valence-electron chi connectivity index (χ4n) is 4.61. The zero-order valence-electron chi connectivity index (χ0n) is 23.0. The average Bonchev–Trinajstić information content (AvgIpc) is 3.13. The first-order valence-electron chi connectivity index (χ1n) is 12.7. The number of methoxy groups -OCH3 is 4. The monoisotopic (exact) mass is 552 g/mol. The summed E-state index contributed by atoms with van der Waals surface area (Å²) in [4.78, 5) is 30.3. The third kappa shape index (κ3) is 6.45. The number of halogens is 1. The van der Waals surface area contributed by atoms with E-state index in [2.05, 4.69) is 0 Å². The molecule has 0 aromatic heterocycles. The number of rotatable bonds is 10. The van der Waals surface area contributed by atoms with Crippen molar-refractivity contribution in [2.75, 3.05) is 48.1 Å². The molecule has 10 heteroatoms. The second kappa shape index (κ2) is 13.2. The molecule has 40 heavy (non-hydrogen) atoms. The van der Waals surface area contributed by atoms with Crippen LogP contribution in [0.2, 0.25) is 0 Å². The molecule has 1 aliphatic heterocycles. The summed E-state index contributed by atoms with van der Waals surface area (Å²) >= 11 is 0. The molecule has 0 unspecified atom stereocenters. The number of hydrogen-bond donors (Lipinski definition) is 0. The van der Waals surface area contributed by atoms with E-state index in [0.717, 1.165) is 5.56 Å². The highest BCUT2D eigenvalue weighted by Gasteiger charge is 2.33. The quantitative estimate of drug-likeness (QED) is 0.377. The average molecular weight is 553 g/mol. The second-order valence-electron chi connectivity index (χ2n) is 9.21. The SMILES string of the molecule is COc1ccc(CN2C[C@H](OCc3ccccc3F)CN(C(=O)c3ccc(OC)c(OC)c3OC)CC2=O)cc1. The Bertz CT molecular complexity index is 1330. The molecule has 1 saturated heterocycles. The van der Waals surface area contributed by atoms with Crippen LogP contribution in [0.25, 0.3) is 0 Å². The molecule has 0 N–H and O–H groups in total. The third-order valence-corrected chi connectivity index (χ3v) is 6.71. The second-order valence-corrected chi connectivity index (χ2v) is 9.21. The van der Waals surface area contributed by atoms with E-state index in [-0.39, 0.29) is 55.0 Å². The third-order valence-electron chi connectivity index (χ3n) is 6.71. The lowest BCUT2D eigenvalue weighted by atomic mass is 10.1. The maximum atomic E-state index is 14.3. The Balaban J connectivity index is 1.62. The summed E-state index contributed by atoms with van der Waals surface area (Å²) in [6.45, 7) is 0.446. The number of benzene rings is 3. The van der Waals surface area contributed by atoms with Crippen LogP contribution in [0.5, 0.6) is 23.0 Å². The van der Waals surface area contributed by atoms with Gasteiger partial charge in [-0.2, -0.15) is 0 Å². The summed E-state index contributed by atoms with van der Waals surface area (Å²) in [5.74, 6) is 0.507. The molecule has 0 saturated carbocycles. The van der Waals surface area contributed by atoms with Crippen molar-refractivity contribution in [3.8, 4) is 23.0 Å². The molecule has 2 amide bonds. The van der Waals surface area contributed by atoms with Crippen molar-refractivity contribution in [1.82, 2.24) is 9.80 Å². The van der Waals surface area contributed by atoms with Gasteiger partial charge in [0.15, 0.2) is 11.5 Å². The molecule has 3 aromatic carbocycles. The van der Waals surface area contributed by atoms with E-state index >= 15 is 0 Å². The Morgan fingerprint density at radius 1 is 0.875 bits per heavy atom. The van der Waals surface area contributed by atoms with Crippen LogP contribution in [0.3, 0.4) is 0 Å². The lowest BCUT2D eigenvalue weighted by Crippen LogP contribution is -2.39. The van der Waals surface area contributed by atoms with Crippen LogP contribution in [-0.2, 0) is 22.7 Å². The van der Waals surface area contributed by atoms with Crippen molar-refractivity contribution < 1.29 is 37.7 Å². The van der Waals surface area contributed by atoms with Crippen LogP contribution in [0.15, 0.2) is 60.7 Å². The topological polar surface area (TPSA) is 86.8 Å². The van der Waals surface area contributed by atoms with Gasteiger partial charge in [0.1, 0.15) is 18.1 Å². The molecule has 1 atom stereocenters. The Morgan fingerprint density at radius 3 is 2.25 bits per heavy atom. The highest BCUT2D eigenvalue weighted by atomic mass is 19.1. The normalized spacial score (nSPS) is 15.4. The van der Waals surface area contributed by atoms with E-state index in [1.54, 1.807) is 42.3 Å². The van der Waals surface area contributed by atoms with Crippen molar-refractivity contribution in [2.45, 2.75) is 19.3 Å². The van der Waals surface area contributed by atoms with Gasteiger partial charge in [-0.3, -0.25) is 9.59 Å². The maximum absolute atomic E-state index is 14.3. The van der Waals surface area contributed by atoms with Crippen LogP contribution in [0.1, 0.15) is 21.5 Å². The molecule has 1 heterocycles. The van der Waals surface area contributed by atoms with Crippen LogP contribution in [-0.4, -0.2) is 75.8 Å². The van der Waals surface area contributed by atoms with Gasteiger partial charge in [-0.05, 0) is 35.9 Å². The van der Waals surface area contributed by atoms with E-state index < -0.39 is 12.0 Å². The smallest absolute Gasteiger partial charge is 0.258 e. The minimum atomic E-state index is -0.584. The molecule has 212 valence electrons. The zero-order valence-corrected chi connectivity index (χ0v) is 23.0. The van der Waals surface area contributed by atoms with Crippen LogP contribution < -0.4 is 18.9 Å². The number of amides is 2. The summed E-state index contributed by atoms with van der Waals surface area (Å²) in [6.07, 6.45) is -0.584. The number of hydrogen-bond acceptors (Lipinski definition) is 7. The molecule has 0 bridgehead atoms. The largest absolute Gasteiger partial charge is 0.497 e. The van der Waals surface area contributed by atoms with Crippen LogP contribution in [0.4, 0.5) is 4.39 Å². The standard InChI is InChI=1S/C30H33FN2O7/c1-36-22-11-9-20(10-12-22)15-32-16-23(40-19-21-7-5-6-8-25(21)31)17-33(18-27(32)34)30(35)24-13-14-26(37-2)29(39-4)28(24)38-3/h5-14,23H,15-19H2,1-4H3/t23-/m0/s1. The Morgan fingerprint density at radius 2 is 1.60 bits per heavy atom. The van der Waals surface area contributed by atoms with Crippen LogP contribution >= 0.6 is 0 Å². The molecule has 0 aliphatic carbocycles. The van der Waals surface area contributed by atoms with Crippen molar-refractivity contribution in [3.05, 3.63) is 83.2 Å². The van der Waals surface area contributed by atoms with E-state index in [9.17, 15) is 14.0 Å². The first kappa shape index (κ1) is 28.7. The molecular formula is C30H33FN2O7. The predicted octanol–water partition coefficient (Wildman–Crippen LogP) is 3.93. The minimum Gasteiger partial charge on any atom is -0.497 e. The molecule has 3 aromatic rings. The van der Waals surface area contributed by atoms with Gasteiger partial charge < -0.3 is 33.5 Å². The summed E-state index contributed by atoms with van der Waals surface area (Å²) in [7, 11) is 5.96. The Labute approximate surface area is 232 Å². The van der Waals surface area contributed by atoms with Crippen molar-refractivity contribution in [1.29, 1.82) is 0 Å². The van der Waals surface area contributed by atoms with Gasteiger partial charge >= 0.3 is 0 Å². The first-order chi connectivity index (χ1) is 19.4. The lowest BCUT2D eigenvalue weighted by molar-refractivity contribution is -0.132. The highest BCUT2D eigenvalue weighted by molar-refractivity contribution is 6.00. The zero-order chi connectivity index (χ0) is 28.6. The number of ether oxygens (including phenoxy) is 5. The molecule has 4 rings (SSSR count). The molecule has 1 aliphatic rings. The Hall–Kier alpha value is -4.31. The van der Waals surface area contributed by atoms with Gasteiger partial charge in [0.05, 0.1) is 46.7 Å². The van der Waals surface area contributed by atoms with E-state index in [1.807, 2.05) is 24.3 Å². The molecule has 0 radical (unpaired) electrons. The van der Waals surface area contributed by atoms with Crippen molar-refractivity contribution in [3.63, 3.8) is 0 Å². The first-order valence-corrected chi connectivity index (χ1v) is 12.7. The molecular weight excluding hydrogens is 519 g/mol. The minimum absolute atomic E-state index is 0.0103. The van der Waals surface area contributed by atoms with Crippen LogP contribution in [0, 0.1) is 5.82 Å². The van der Waals surface area contributed by atoms with Gasteiger partial charge in [-0.1, -0.05) is 30.3 Å². The number of carbonyl (C=O) groups excluding carboxylic acids is 2. The van der Waals surface area contributed by atoms with Gasteiger partial charge in [-0.25, -0.2) is 4.39 Å². The predicted molar refractivity (Wildman–Crippen MR) is 145 cm³/mol. The van der Waals surface area contributed by atoms with Gasteiger partial charge in [-0.15, -0.1) is 0 Å². The van der Waals surface area contributed by atoms with Gasteiger partial charge in [0.25, 0.3) is 5.91 Å². The summed E-state index contributed by atoms with van der Waals surface area (Å²) < 4.78 is 41.9. The highest BCUT2D eigenvalue weighted by Crippen LogP contribution is 2.40. The van der Waals surface area contributed by atoms with E-state index in [4.69, 9.17) is 23.7 Å². The summed E-state index contributed by atoms with van der Waals surface area (Å²) in [5, 5.41) is 0. The number of carbonyl (C=O) groups is 2.